The molecular weight excluding hydrogens is 280 g/mol. The Morgan fingerprint density at radius 3 is 2.65 bits per heavy atom. The smallest absolute Gasteiger partial charge is 0.248 e. The second-order valence-electron chi connectivity index (χ2n) is 5.11. The molecule has 0 aromatic carbocycles. The van der Waals surface area contributed by atoms with Gasteiger partial charge in [-0.3, -0.25) is 9.59 Å². The molecule has 1 saturated heterocycles. The number of anilines is 1. The van der Waals surface area contributed by atoms with Crippen molar-refractivity contribution < 1.29 is 9.59 Å². The van der Waals surface area contributed by atoms with Crippen LogP contribution in [-0.4, -0.2) is 39.5 Å². The number of nitrogens with one attached hydrogen (secondary N) is 1. The number of carbonyl (C=O) groups is 2. The van der Waals surface area contributed by atoms with Crippen LogP contribution in [0.1, 0.15) is 26.7 Å². The van der Waals surface area contributed by atoms with Crippen LogP contribution < -0.4 is 5.32 Å². The van der Waals surface area contributed by atoms with Crippen molar-refractivity contribution in [1.82, 2.24) is 15.1 Å². The average Bonchev–Trinajstić information content (AvgIpc) is 2.78. The number of hydrogen-bond donors (Lipinski definition) is 1. The summed E-state index contributed by atoms with van der Waals surface area (Å²) in [7, 11) is 0. The van der Waals surface area contributed by atoms with Gasteiger partial charge in [-0.05, 0) is 24.5 Å². The van der Waals surface area contributed by atoms with Gasteiger partial charge in [0, 0.05) is 13.0 Å². The van der Waals surface area contributed by atoms with Gasteiger partial charge < -0.3 is 10.2 Å². The molecule has 0 spiro atoms. The molecule has 0 aliphatic carbocycles. The highest BCUT2D eigenvalue weighted by Crippen LogP contribution is 2.20. The fourth-order valence-corrected chi connectivity index (χ4v) is 2.45. The zero-order valence-corrected chi connectivity index (χ0v) is 12.2. The zero-order valence-electron chi connectivity index (χ0n) is 11.5. The number of likely N-dealkylation sites (tertiary alicyclic amines) is 1. The van der Waals surface area contributed by atoms with Crippen LogP contribution in [-0.2, 0) is 9.59 Å². The van der Waals surface area contributed by atoms with Crippen LogP contribution in [0.3, 0.4) is 0 Å². The molecule has 1 aliphatic rings. The maximum atomic E-state index is 12.4. The van der Waals surface area contributed by atoms with Gasteiger partial charge >= 0.3 is 0 Å². The highest BCUT2D eigenvalue weighted by molar-refractivity contribution is 6.29. The highest BCUT2D eigenvalue weighted by Gasteiger charge is 2.35. The first-order valence-electron chi connectivity index (χ1n) is 6.58. The fourth-order valence-electron chi connectivity index (χ4n) is 2.35. The van der Waals surface area contributed by atoms with Gasteiger partial charge in [-0.2, -0.15) is 0 Å². The number of amides is 2. The van der Waals surface area contributed by atoms with Crippen LogP contribution in [0.4, 0.5) is 5.82 Å². The van der Waals surface area contributed by atoms with Crippen molar-refractivity contribution in [1.29, 1.82) is 0 Å². The lowest BCUT2D eigenvalue weighted by Gasteiger charge is -2.29. The van der Waals surface area contributed by atoms with Gasteiger partial charge in [-0.1, -0.05) is 25.4 Å². The van der Waals surface area contributed by atoms with Gasteiger partial charge in [0.1, 0.15) is 6.04 Å². The van der Waals surface area contributed by atoms with E-state index in [0.29, 0.717) is 18.8 Å². The van der Waals surface area contributed by atoms with Gasteiger partial charge in [0.25, 0.3) is 0 Å². The van der Waals surface area contributed by atoms with E-state index in [1.54, 1.807) is 17.0 Å². The molecule has 1 fully saturated rings. The second-order valence-corrected chi connectivity index (χ2v) is 5.50. The number of hydrogen-bond acceptors (Lipinski definition) is 4. The molecule has 1 aliphatic heterocycles. The summed E-state index contributed by atoms with van der Waals surface area (Å²) in [4.78, 5) is 25.8. The largest absolute Gasteiger partial charge is 0.330 e. The van der Waals surface area contributed by atoms with Gasteiger partial charge in [0.15, 0.2) is 11.0 Å². The van der Waals surface area contributed by atoms with Crippen molar-refractivity contribution in [2.75, 3.05) is 11.9 Å². The Hall–Kier alpha value is -1.69. The molecule has 6 nitrogen and oxygen atoms in total. The van der Waals surface area contributed by atoms with Crippen LogP contribution >= 0.6 is 11.6 Å². The third-order valence-corrected chi connectivity index (χ3v) is 3.43. The molecule has 2 amide bonds. The first-order chi connectivity index (χ1) is 9.49. The molecule has 20 heavy (non-hydrogen) atoms. The summed E-state index contributed by atoms with van der Waals surface area (Å²) in [6, 6.07) is 2.65. The van der Waals surface area contributed by atoms with Crippen molar-refractivity contribution in [3.63, 3.8) is 0 Å². The maximum Gasteiger partial charge on any atom is 0.248 e. The summed E-state index contributed by atoms with van der Waals surface area (Å²) in [5.74, 6) is 0.141. The molecule has 0 radical (unpaired) electrons. The monoisotopic (exact) mass is 296 g/mol. The molecule has 0 saturated carbocycles. The van der Waals surface area contributed by atoms with Crippen LogP contribution in [0, 0.1) is 5.92 Å². The third-order valence-electron chi connectivity index (χ3n) is 3.23. The summed E-state index contributed by atoms with van der Waals surface area (Å²) in [5.41, 5.74) is 0. The summed E-state index contributed by atoms with van der Waals surface area (Å²) >= 11 is 5.64. The van der Waals surface area contributed by atoms with E-state index in [1.807, 2.05) is 13.8 Å². The van der Waals surface area contributed by atoms with E-state index in [2.05, 4.69) is 15.5 Å². The highest BCUT2D eigenvalue weighted by atomic mass is 35.5. The number of aromatic nitrogens is 2. The third kappa shape index (κ3) is 3.25. The molecule has 2 heterocycles. The Kier molecular flexibility index (Phi) is 4.54. The predicted octanol–water partition coefficient (Wildman–Crippen LogP) is 1.72. The molecule has 1 N–H and O–H groups in total. The molecule has 0 bridgehead atoms. The normalized spacial score (nSPS) is 16.6. The Morgan fingerprint density at radius 2 is 2.15 bits per heavy atom. The molecule has 7 heteroatoms. The minimum absolute atomic E-state index is 0.0253. The maximum absolute atomic E-state index is 12.4. The van der Waals surface area contributed by atoms with Crippen molar-refractivity contribution in [3.05, 3.63) is 17.3 Å². The Morgan fingerprint density at radius 1 is 1.40 bits per heavy atom. The van der Waals surface area contributed by atoms with E-state index in [0.717, 1.165) is 6.42 Å². The molecule has 1 atom stereocenters. The molecule has 2 rings (SSSR count). The Bertz CT molecular complexity index is 504. The minimum atomic E-state index is -0.484. The molecular formula is C13H17ClN4O2. The van der Waals surface area contributed by atoms with Crippen LogP contribution in [0.2, 0.25) is 5.15 Å². The lowest BCUT2D eigenvalue weighted by molar-refractivity contribution is -0.136. The summed E-state index contributed by atoms with van der Waals surface area (Å²) < 4.78 is 0. The van der Waals surface area contributed by atoms with Crippen molar-refractivity contribution in [3.8, 4) is 0 Å². The van der Waals surface area contributed by atoms with E-state index < -0.39 is 6.04 Å². The topological polar surface area (TPSA) is 75.2 Å². The fraction of sp³-hybridized carbons (Fsp3) is 0.538. The molecule has 0 unspecified atom stereocenters. The van der Waals surface area contributed by atoms with Crippen molar-refractivity contribution >= 4 is 29.2 Å². The quantitative estimate of drug-likeness (QED) is 0.918. The summed E-state index contributed by atoms with van der Waals surface area (Å²) in [6.45, 7) is 4.47. The number of halogens is 1. The molecule has 108 valence electrons. The van der Waals surface area contributed by atoms with Crippen LogP contribution in [0.25, 0.3) is 0 Å². The lowest BCUT2D eigenvalue weighted by Crippen LogP contribution is -2.48. The summed E-state index contributed by atoms with van der Waals surface area (Å²) in [6.07, 6.45) is 1.31. The van der Waals surface area contributed by atoms with Gasteiger partial charge in [0.05, 0.1) is 0 Å². The number of carbonyl (C=O) groups excluding carboxylic acids is 2. The van der Waals surface area contributed by atoms with E-state index in [4.69, 9.17) is 11.6 Å². The predicted molar refractivity (Wildman–Crippen MR) is 75.2 cm³/mol. The van der Waals surface area contributed by atoms with Gasteiger partial charge in [-0.15, -0.1) is 10.2 Å². The Balaban J connectivity index is 2.11. The second kappa shape index (κ2) is 6.17. The van der Waals surface area contributed by atoms with Gasteiger partial charge in [-0.25, -0.2) is 0 Å². The van der Waals surface area contributed by atoms with Crippen LogP contribution in [0.15, 0.2) is 12.1 Å². The van der Waals surface area contributed by atoms with Crippen LogP contribution in [0.5, 0.6) is 0 Å². The first-order valence-corrected chi connectivity index (χ1v) is 6.96. The molecule has 1 aromatic rings. The van der Waals surface area contributed by atoms with Crippen molar-refractivity contribution in [2.24, 2.45) is 5.92 Å². The molecule has 1 aromatic heterocycles. The number of rotatable bonds is 4. The zero-order chi connectivity index (χ0) is 14.7. The minimum Gasteiger partial charge on any atom is -0.330 e. The Labute approximate surface area is 122 Å². The van der Waals surface area contributed by atoms with E-state index in [9.17, 15) is 9.59 Å². The SMILES string of the molecule is CC(C)[C@H](C(=O)Nc1ccc(Cl)nn1)N1CCCC1=O. The average molecular weight is 297 g/mol. The van der Waals surface area contributed by atoms with E-state index >= 15 is 0 Å². The summed E-state index contributed by atoms with van der Waals surface area (Å²) in [5, 5.41) is 10.4. The van der Waals surface area contributed by atoms with E-state index in [-0.39, 0.29) is 22.9 Å². The van der Waals surface area contributed by atoms with E-state index in [1.165, 1.54) is 0 Å². The first kappa shape index (κ1) is 14.7. The standard InChI is InChI=1S/C13H17ClN4O2/c1-8(2)12(18-7-3-4-11(18)19)13(20)15-10-6-5-9(14)16-17-10/h5-6,8,12H,3-4,7H2,1-2H3,(H,15,17,20)/t12-/m1/s1. The van der Waals surface area contributed by atoms with Gasteiger partial charge in [0.2, 0.25) is 11.8 Å². The van der Waals surface area contributed by atoms with Crippen molar-refractivity contribution in [2.45, 2.75) is 32.7 Å². The lowest BCUT2D eigenvalue weighted by atomic mass is 10.0. The number of nitrogens with zero attached hydrogens (tertiary/aromatic N) is 3.